The highest BCUT2D eigenvalue weighted by Crippen LogP contribution is 2.35. The van der Waals surface area contributed by atoms with Gasteiger partial charge in [0.2, 0.25) is 5.91 Å². The largest absolute Gasteiger partial charge is 0.359 e. The molecule has 0 aromatic carbocycles. The van der Waals surface area contributed by atoms with E-state index in [-0.39, 0.29) is 11.3 Å². The zero-order chi connectivity index (χ0) is 15.5. The van der Waals surface area contributed by atoms with Crippen LogP contribution in [-0.4, -0.2) is 22.5 Å². The van der Waals surface area contributed by atoms with Crippen molar-refractivity contribution in [2.75, 3.05) is 6.54 Å². The third kappa shape index (κ3) is 4.45. The summed E-state index contributed by atoms with van der Waals surface area (Å²) < 4.78 is 5.24. The molecule has 0 N–H and O–H groups in total. The summed E-state index contributed by atoms with van der Waals surface area (Å²) in [5.74, 6) is 0.998. The number of amides is 1. The van der Waals surface area contributed by atoms with Gasteiger partial charge in [-0.1, -0.05) is 23.7 Å². The Kier molecular flexibility index (Phi) is 4.86. The molecule has 1 aliphatic rings. The van der Waals surface area contributed by atoms with Crippen LogP contribution in [0.15, 0.2) is 22.2 Å². The number of carbonyl (C=O) groups excluding carboxylic acids is 1. The van der Waals surface area contributed by atoms with Crippen molar-refractivity contribution in [2.24, 2.45) is 5.41 Å². The normalized spacial score (nSPS) is 22.5. The highest BCUT2D eigenvalue weighted by Gasteiger charge is 2.34. The van der Waals surface area contributed by atoms with Gasteiger partial charge in [-0.2, -0.15) is 0 Å². The van der Waals surface area contributed by atoms with E-state index in [1.54, 1.807) is 0 Å². The van der Waals surface area contributed by atoms with Gasteiger partial charge in [-0.05, 0) is 45.4 Å². The summed E-state index contributed by atoms with van der Waals surface area (Å²) in [5.41, 5.74) is 2.43. The first-order valence-electron chi connectivity index (χ1n) is 7.71. The molecule has 0 spiro atoms. The topological polar surface area (TPSA) is 46.3 Å². The van der Waals surface area contributed by atoms with Crippen LogP contribution >= 0.6 is 0 Å². The number of rotatable bonds is 5. The fraction of sp³-hybridized carbons (Fsp3) is 0.647. The van der Waals surface area contributed by atoms with E-state index < -0.39 is 0 Å². The second-order valence-corrected chi connectivity index (χ2v) is 6.82. The number of likely N-dealkylation sites (tertiary alicyclic amines) is 1. The van der Waals surface area contributed by atoms with Gasteiger partial charge >= 0.3 is 0 Å². The van der Waals surface area contributed by atoms with Gasteiger partial charge < -0.3 is 9.42 Å². The van der Waals surface area contributed by atoms with Gasteiger partial charge in [0.15, 0.2) is 5.76 Å². The Morgan fingerprint density at radius 2 is 2.29 bits per heavy atom. The molecule has 0 radical (unpaired) electrons. The van der Waals surface area contributed by atoms with Crippen molar-refractivity contribution in [3.8, 4) is 0 Å². The lowest BCUT2D eigenvalue weighted by molar-refractivity contribution is -0.138. The zero-order valence-corrected chi connectivity index (χ0v) is 13.6. The van der Waals surface area contributed by atoms with E-state index in [9.17, 15) is 4.79 Å². The van der Waals surface area contributed by atoms with E-state index in [2.05, 4.69) is 32.0 Å². The van der Waals surface area contributed by atoms with Crippen LogP contribution in [0.25, 0.3) is 0 Å². The van der Waals surface area contributed by atoms with Crippen molar-refractivity contribution in [2.45, 2.75) is 59.9 Å². The molecule has 1 amide bonds. The van der Waals surface area contributed by atoms with Crippen LogP contribution < -0.4 is 0 Å². The van der Waals surface area contributed by atoms with E-state index in [0.717, 1.165) is 37.3 Å². The summed E-state index contributed by atoms with van der Waals surface area (Å²) in [7, 11) is 0. The minimum atomic E-state index is 0.203. The standard InChI is InChI=1S/C17H26N2O2/c1-13(2)6-5-8-17(4)9-7-16(20)19(12-17)11-15-10-14(3)18-21-15/h6,10H,5,7-9,11-12H2,1-4H3/t17-/m0/s1. The highest BCUT2D eigenvalue weighted by molar-refractivity contribution is 5.77. The molecule has 2 rings (SSSR count). The Hall–Kier alpha value is -1.58. The van der Waals surface area contributed by atoms with Crippen molar-refractivity contribution in [3.05, 3.63) is 29.2 Å². The fourth-order valence-corrected chi connectivity index (χ4v) is 2.93. The SMILES string of the molecule is CC(C)=CCC[C@@]1(C)CCC(=O)N(Cc2cc(C)no2)C1. The van der Waals surface area contributed by atoms with Crippen molar-refractivity contribution >= 4 is 5.91 Å². The Balaban J connectivity index is 1.97. The van der Waals surface area contributed by atoms with E-state index in [0.29, 0.717) is 13.0 Å². The third-order valence-electron chi connectivity index (χ3n) is 4.19. The average Bonchev–Trinajstić information content (AvgIpc) is 2.79. The molecule has 2 heterocycles. The maximum absolute atomic E-state index is 12.1. The molecule has 0 bridgehead atoms. The summed E-state index contributed by atoms with van der Waals surface area (Å²) in [6.07, 6.45) is 6.11. The minimum Gasteiger partial charge on any atom is -0.359 e. The number of hydrogen-bond acceptors (Lipinski definition) is 3. The summed E-state index contributed by atoms with van der Waals surface area (Å²) in [6, 6.07) is 1.91. The molecule has 116 valence electrons. The summed E-state index contributed by atoms with van der Waals surface area (Å²) >= 11 is 0. The summed E-state index contributed by atoms with van der Waals surface area (Å²) in [4.78, 5) is 14.0. The molecular formula is C17H26N2O2. The maximum atomic E-state index is 12.1. The predicted molar refractivity (Wildman–Crippen MR) is 82.7 cm³/mol. The van der Waals surface area contributed by atoms with Crippen LogP contribution in [0.1, 0.15) is 57.9 Å². The third-order valence-corrected chi connectivity index (χ3v) is 4.19. The van der Waals surface area contributed by atoms with Gasteiger partial charge in [-0.25, -0.2) is 0 Å². The molecule has 1 atom stereocenters. The van der Waals surface area contributed by atoms with Gasteiger partial charge in [-0.15, -0.1) is 0 Å². The molecule has 4 heteroatoms. The molecular weight excluding hydrogens is 264 g/mol. The highest BCUT2D eigenvalue weighted by atomic mass is 16.5. The van der Waals surface area contributed by atoms with Crippen LogP contribution in [0.5, 0.6) is 0 Å². The van der Waals surface area contributed by atoms with Gasteiger partial charge in [0, 0.05) is 19.0 Å². The second-order valence-electron chi connectivity index (χ2n) is 6.82. The average molecular weight is 290 g/mol. The molecule has 21 heavy (non-hydrogen) atoms. The molecule has 1 aromatic heterocycles. The first-order valence-corrected chi connectivity index (χ1v) is 7.71. The Bertz CT molecular complexity index is 529. The van der Waals surface area contributed by atoms with E-state index in [4.69, 9.17) is 4.52 Å². The monoisotopic (exact) mass is 290 g/mol. The first-order chi connectivity index (χ1) is 9.88. The van der Waals surface area contributed by atoms with Crippen molar-refractivity contribution < 1.29 is 9.32 Å². The lowest BCUT2D eigenvalue weighted by Crippen LogP contribution is -2.44. The molecule has 0 aliphatic carbocycles. The minimum absolute atomic E-state index is 0.203. The lowest BCUT2D eigenvalue weighted by atomic mass is 9.77. The quantitative estimate of drug-likeness (QED) is 0.774. The van der Waals surface area contributed by atoms with E-state index >= 15 is 0 Å². The molecule has 1 aromatic rings. The molecule has 1 aliphatic heterocycles. The Morgan fingerprint density at radius 1 is 1.52 bits per heavy atom. The fourth-order valence-electron chi connectivity index (χ4n) is 2.93. The number of hydrogen-bond donors (Lipinski definition) is 0. The van der Waals surface area contributed by atoms with Crippen molar-refractivity contribution in [1.29, 1.82) is 0 Å². The van der Waals surface area contributed by atoms with E-state index in [1.807, 2.05) is 17.9 Å². The van der Waals surface area contributed by atoms with Crippen molar-refractivity contribution in [1.82, 2.24) is 10.1 Å². The van der Waals surface area contributed by atoms with Gasteiger partial charge in [0.25, 0.3) is 0 Å². The lowest BCUT2D eigenvalue weighted by Gasteiger charge is -2.40. The smallest absolute Gasteiger partial charge is 0.223 e. The maximum Gasteiger partial charge on any atom is 0.223 e. The molecule has 0 unspecified atom stereocenters. The van der Waals surface area contributed by atoms with Gasteiger partial charge in [0.1, 0.15) is 0 Å². The Labute approximate surface area is 127 Å². The van der Waals surface area contributed by atoms with E-state index in [1.165, 1.54) is 5.57 Å². The summed E-state index contributed by atoms with van der Waals surface area (Å²) in [6.45, 7) is 9.79. The molecule has 1 saturated heterocycles. The second kappa shape index (κ2) is 6.46. The number of allylic oxidation sites excluding steroid dienone is 2. The zero-order valence-electron chi connectivity index (χ0n) is 13.6. The van der Waals surface area contributed by atoms with Crippen LogP contribution in [0.3, 0.4) is 0 Å². The number of nitrogens with zero attached hydrogens (tertiary/aromatic N) is 2. The van der Waals surface area contributed by atoms with Gasteiger partial charge in [0.05, 0.1) is 12.2 Å². The first kappa shape index (κ1) is 15.8. The number of piperidine rings is 1. The number of carbonyl (C=O) groups is 1. The molecule has 1 fully saturated rings. The Morgan fingerprint density at radius 3 is 2.90 bits per heavy atom. The van der Waals surface area contributed by atoms with Crippen molar-refractivity contribution in [3.63, 3.8) is 0 Å². The van der Waals surface area contributed by atoms with Gasteiger partial charge in [-0.3, -0.25) is 4.79 Å². The van der Waals surface area contributed by atoms with Crippen LogP contribution in [0.2, 0.25) is 0 Å². The van der Waals surface area contributed by atoms with Crippen LogP contribution in [0, 0.1) is 12.3 Å². The van der Waals surface area contributed by atoms with Crippen LogP contribution in [0.4, 0.5) is 0 Å². The number of aromatic nitrogens is 1. The van der Waals surface area contributed by atoms with Crippen LogP contribution in [-0.2, 0) is 11.3 Å². The summed E-state index contributed by atoms with van der Waals surface area (Å²) in [5, 5.41) is 3.89. The predicted octanol–water partition coefficient (Wildman–Crippen LogP) is 3.86. The molecule has 4 nitrogen and oxygen atoms in total. The molecule has 0 saturated carbocycles. The number of aryl methyl sites for hydroxylation is 1.